The van der Waals surface area contributed by atoms with Crippen LogP contribution in [0.4, 0.5) is 10.1 Å². The van der Waals surface area contributed by atoms with Gasteiger partial charge in [-0.15, -0.1) is 0 Å². The van der Waals surface area contributed by atoms with Crippen molar-refractivity contribution in [3.8, 4) is 0 Å². The van der Waals surface area contributed by atoms with Crippen molar-refractivity contribution >= 4 is 44.2 Å². The van der Waals surface area contributed by atoms with Crippen molar-refractivity contribution in [3.63, 3.8) is 0 Å². The van der Waals surface area contributed by atoms with E-state index >= 15 is 0 Å². The number of halogens is 2. The van der Waals surface area contributed by atoms with E-state index in [4.69, 9.17) is 5.14 Å². The van der Waals surface area contributed by atoms with E-state index in [-0.39, 0.29) is 10.6 Å². The Morgan fingerprint density at radius 2 is 1.76 bits per heavy atom. The zero-order valence-electron chi connectivity index (χ0n) is 10.5. The number of nitrogens with two attached hydrogens (primary N) is 1. The Labute approximate surface area is 134 Å². The van der Waals surface area contributed by atoms with E-state index in [1.54, 1.807) is 24.3 Å². The monoisotopic (exact) mass is 420 g/mol. The van der Waals surface area contributed by atoms with E-state index in [0.717, 1.165) is 21.8 Å². The summed E-state index contributed by atoms with van der Waals surface area (Å²) in [6, 6.07) is 9.47. The van der Waals surface area contributed by atoms with Crippen LogP contribution < -0.4 is 10.5 Å². The number of primary sulfonamides is 1. The lowest BCUT2D eigenvalue weighted by molar-refractivity contribution is 0.102. The van der Waals surface area contributed by atoms with Gasteiger partial charge in [-0.2, -0.15) is 0 Å². The summed E-state index contributed by atoms with van der Waals surface area (Å²) in [4.78, 5) is 11.7. The SMILES string of the molecule is NS(=O)(=O)c1ccc(F)cc1NC(=O)c1ccc(I)cc1. The molecule has 0 bridgehead atoms. The van der Waals surface area contributed by atoms with Crippen LogP contribution in [0.1, 0.15) is 10.4 Å². The second-order valence-corrected chi connectivity index (χ2v) is 6.92. The lowest BCUT2D eigenvalue weighted by Crippen LogP contribution is -2.18. The van der Waals surface area contributed by atoms with Crippen LogP contribution in [0.2, 0.25) is 0 Å². The minimum atomic E-state index is -4.07. The van der Waals surface area contributed by atoms with Gasteiger partial charge in [0.1, 0.15) is 10.7 Å². The Balaban J connectivity index is 2.37. The maximum Gasteiger partial charge on any atom is 0.255 e. The second kappa shape index (κ2) is 6.08. The van der Waals surface area contributed by atoms with Crippen molar-refractivity contribution in [2.24, 2.45) is 5.14 Å². The first-order valence-corrected chi connectivity index (χ1v) is 8.29. The molecule has 0 aliphatic rings. The average Bonchev–Trinajstić information content (AvgIpc) is 2.38. The lowest BCUT2D eigenvalue weighted by atomic mass is 10.2. The van der Waals surface area contributed by atoms with Gasteiger partial charge in [0, 0.05) is 9.13 Å². The van der Waals surface area contributed by atoms with Crippen molar-refractivity contribution < 1.29 is 17.6 Å². The Bertz CT molecular complexity index is 792. The van der Waals surface area contributed by atoms with E-state index in [1.165, 1.54) is 0 Å². The highest BCUT2D eigenvalue weighted by Gasteiger charge is 2.17. The van der Waals surface area contributed by atoms with Crippen LogP contribution in [-0.2, 0) is 10.0 Å². The van der Waals surface area contributed by atoms with Crippen LogP contribution in [0, 0.1) is 9.39 Å². The van der Waals surface area contributed by atoms with Crippen LogP contribution in [0.15, 0.2) is 47.4 Å². The maximum atomic E-state index is 13.3. The van der Waals surface area contributed by atoms with Gasteiger partial charge in [0.15, 0.2) is 0 Å². The number of benzene rings is 2. The first-order chi connectivity index (χ1) is 9.77. The van der Waals surface area contributed by atoms with Gasteiger partial charge in [0.2, 0.25) is 10.0 Å². The Morgan fingerprint density at radius 3 is 2.33 bits per heavy atom. The number of nitrogens with one attached hydrogen (secondary N) is 1. The molecule has 0 saturated carbocycles. The van der Waals surface area contributed by atoms with Gasteiger partial charge in [0.25, 0.3) is 5.91 Å². The number of carbonyl (C=O) groups is 1. The van der Waals surface area contributed by atoms with Gasteiger partial charge in [-0.1, -0.05) is 0 Å². The van der Waals surface area contributed by atoms with Crippen molar-refractivity contribution in [2.45, 2.75) is 4.90 Å². The average molecular weight is 420 g/mol. The fourth-order valence-corrected chi connectivity index (χ4v) is 2.68. The smallest absolute Gasteiger partial charge is 0.255 e. The summed E-state index contributed by atoms with van der Waals surface area (Å²) in [6.07, 6.45) is 0. The molecule has 0 spiro atoms. The molecule has 0 saturated heterocycles. The number of amides is 1. The van der Waals surface area contributed by atoms with Crippen molar-refractivity contribution in [1.29, 1.82) is 0 Å². The third-order valence-electron chi connectivity index (χ3n) is 2.60. The molecule has 1 amide bonds. The highest BCUT2D eigenvalue weighted by atomic mass is 127. The highest BCUT2D eigenvalue weighted by molar-refractivity contribution is 14.1. The largest absolute Gasteiger partial charge is 0.321 e. The van der Waals surface area contributed by atoms with E-state index in [1.807, 2.05) is 0 Å². The molecule has 3 N–H and O–H groups in total. The van der Waals surface area contributed by atoms with E-state index < -0.39 is 21.7 Å². The molecule has 0 radical (unpaired) electrons. The van der Waals surface area contributed by atoms with Gasteiger partial charge < -0.3 is 5.32 Å². The molecule has 0 aromatic heterocycles. The van der Waals surface area contributed by atoms with Crippen molar-refractivity contribution in [3.05, 3.63) is 57.4 Å². The predicted molar refractivity (Wildman–Crippen MR) is 84.9 cm³/mol. The Kier molecular flexibility index (Phi) is 4.59. The van der Waals surface area contributed by atoms with Gasteiger partial charge in [-0.25, -0.2) is 17.9 Å². The molecule has 0 heterocycles. The van der Waals surface area contributed by atoms with Gasteiger partial charge in [-0.3, -0.25) is 4.79 Å². The molecule has 2 rings (SSSR count). The molecular weight excluding hydrogens is 410 g/mol. The fourth-order valence-electron chi connectivity index (χ4n) is 1.64. The molecule has 110 valence electrons. The van der Waals surface area contributed by atoms with Crippen LogP contribution in [0.5, 0.6) is 0 Å². The van der Waals surface area contributed by atoms with Crippen molar-refractivity contribution in [1.82, 2.24) is 0 Å². The summed E-state index contributed by atoms with van der Waals surface area (Å²) in [7, 11) is -4.07. The third kappa shape index (κ3) is 3.99. The topological polar surface area (TPSA) is 89.3 Å². The highest BCUT2D eigenvalue weighted by Crippen LogP contribution is 2.22. The summed E-state index contributed by atoms with van der Waals surface area (Å²) < 4.78 is 37.1. The Hall–Kier alpha value is -1.52. The molecule has 0 aliphatic carbocycles. The molecule has 8 heteroatoms. The molecule has 0 atom stereocenters. The zero-order chi connectivity index (χ0) is 15.6. The van der Waals surface area contributed by atoms with Gasteiger partial charge in [-0.05, 0) is 65.1 Å². The number of hydrogen-bond donors (Lipinski definition) is 2. The van der Waals surface area contributed by atoms with Crippen LogP contribution >= 0.6 is 22.6 Å². The van der Waals surface area contributed by atoms with Crippen molar-refractivity contribution in [2.75, 3.05) is 5.32 Å². The molecular formula is C13H10FIN2O3S. The molecule has 0 unspecified atom stereocenters. The first kappa shape index (κ1) is 15.9. The number of rotatable bonds is 3. The summed E-state index contributed by atoms with van der Waals surface area (Å²) in [5.74, 6) is -1.23. The lowest BCUT2D eigenvalue weighted by Gasteiger charge is -2.10. The van der Waals surface area contributed by atoms with Crippen LogP contribution in [-0.4, -0.2) is 14.3 Å². The van der Waals surface area contributed by atoms with E-state index in [2.05, 4.69) is 27.9 Å². The molecule has 0 fully saturated rings. The minimum absolute atomic E-state index is 0.193. The minimum Gasteiger partial charge on any atom is -0.321 e. The molecule has 2 aromatic rings. The van der Waals surface area contributed by atoms with Gasteiger partial charge in [0.05, 0.1) is 5.69 Å². The number of carbonyl (C=O) groups excluding carboxylic acids is 1. The Morgan fingerprint density at radius 1 is 1.14 bits per heavy atom. The summed E-state index contributed by atoms with van der Waals surface area (Å²) in [5, 5.41) is 7.39. The number of sulfonamides is 1. The molecule has 2 aromatic carbocycles. The predicted octanol–water partition coefficient (Wildman–Crippen LogP) is 2.33. The van der Waals surface area contributed by atoms with Crippen LogP contribution in [0.25, 0.3) is 0 Å². The van der Waals surface area contributed by atoms with E-state index in [9.17, 15) is 17.6 Å². The zero-order valence-corrected chi connectivity index (χ0v) is 13.5. The maximum absolute atomic E-state index is 13.3. The van der Waals surface area contributed by atoms with Crippen LogP contribution in [0.3, 0.4) is 0 Å². The standard InChI is InChI=1S/C13H10FIN2O3S/c14-9-3-6-12(21(16,19)20)11(7-9)17-13(18)8-1-4-10(15)5-2-8/h1-7H,(H,17,18)(H2,16,19,20). The van der Waals surface area contributed by atoms with E-state index in [0.29, 0.717) is 5.56 Å². The second-order valence-electron chi connectivity index (χ2n) is 4.15. The fraction of sp³-hybridized carbons (Fsp3) is 0. The number of anilines is 1. The summed E-state index contributed by atoms with van der Waals surface area (Å²) in [6.45, 7) is 0. The first-order valence-electron chi connectivity index (χ1n) is 5.66. The number of hydrogen-bond acceptors (Lipinski definition) is 3. The van der Waals surface area contributed by atoms with Gasteiger partial charge >= 0.3 is 0 Å². The molecule has 5 nitrogen and oxygen atoms in total. The molecule has 0 aliphatic heterocycles. The summed E-state index contributed by atoms with van der Waals surface area (Å²) >= 11 is 2.09. The quantitative estimate of drug-likeness (QED) is 0.748. The summed E-state index contributed by atoms with van der Waals surface area (Å²) in [5.41, 5.74) is 0.126. The third-order valence-corrected chi connectivity index (χ3v) is 4.29. The molecule has 21 heavy (non-hydrogen) atoms. The normalized spacial score (nSPS) is 11.2.